The minimum absolute atomic E-state index is 0.519. The third kappa shape index (κ3) is 1.32. The van der Waals surface area contributed by atoms with Crippen molar-refractivity contribution in [3.05, 3.63) is 36.7 Å². The molecule has 4 heteroatoms. The predicted molar refractivity (Wildman–Crippen MR) is 58.2 cm³/mol. The predicted octanol–water partition coefficient (Wildman–Crippen LogP) is -0.269. The first kappa shape index (κ1) is 8.63. The van der Waals surface area contributed by atoms with Gasteiger partial charge in [0, 0.05) is 0 Å². The van der Waals surface area contributed by atoms with Gasteiger partial charge in [-0.1, -0.05) is 0 Å². The van der Waals surface area contributed by atoms with E-state index in [1.54, 1.807) is 0 Å². The van der Waals surface area contributed by atoms with E-state index in [-0.39, 0.29) is 0 Å². The summed E-state index contributed by atoms with van der Waals surface area (Å²) in [4.78, 5) is 8.87. The Morgan fingerprint density at radius 3 is 1.79 bits per heavy atom. The summed E-state index contributed by atoms with van der Waals surface area (Å²) in [7, 11) is 0. The molecule has 0 saturated heterocycles. The van der Waals surface area contributed by atoms with Crippen LogP contribution in [0.2, 0.25) is 0 Å². The molecular weight excluding hydrogens is 306 g/mol. The number of rotatable bonds is 0. The van der Waals surface area contributed by atoms with Gasteiger partial charge in [0.1, 0.15) is 0 Å². The van der Waals surface area contributed by atoms with Crippen LogP contribution < -0.4 is 9.18 Å². The number of hydrogen-bond donors (Lipinski definition) is 0. The fourth-order valence-electron chi connectivity index (χ4n) is 1.40. The van der Waals surface area contributed by atoms with Crippen LogP contribution in [0.4, 0.5) is 0 Å². The summed E-state index contributed by atoms with van der Waals surface area (Å²) in [6.07, 6.45) is 3.77. The van der Waals surface area contributed by atoms with Gasteiger partial charge in [-0.25, -0.2) is 0 Å². The maximum absolute atomic E-state index is 4.43. The molecule has 14 heavy (non-hydrogen) atoms. The van der Waals surface area contributed by atoms with E-state index in [4.69, 9.17) is 0 Å². The van der Waals surface area contributed by atoms with Gasteiger partial charge in [0.05, 0.1) is 0 Å². The summed E-state index contributed by atoms with van der Waals surface area (Å²) >= 11 is 1.04. The Balaban J connectivity index is 2.29. The van der Waals surface area contributed by atoms with E-state index < -0.39 is 0 Å². The molecule has 3 rings (SSSR count). The third-order valence-electron chi connectivity index (χ3n) is 2.03. The first-order valence-corrected chi connectivity index (χ1v) is 10.2. The van der Waals surface area contributed by atoms with Crippen LogP contribution in [0.15, 0.2) is 36.7 Å². The molecule has 0 radical (unpaired) electrons. The molecule has 68 valence electrons. The van der Waals surface area contributed by atoms with Crippen molar-refractivity contribution >= 4 is 35.4 Å². The average molecular weight is 312 g/mol. The quantitative estimate of drug-likeness (QED) is 0.626. The Morgan fingerprint density at radius 1 is 0.786 bits per heavy atom. The van der Waals surface area contributed by atoms with E-state index in [0.29, 0.717) is 26.3 Å². The van der Waals surface area contributed by atoms with Gasteiger partial charge in [-0.05, 0) is 0 Å². The first-order chi connectivity index (χ1) is 6.95. The van der Waals surface area contributed by atoms with E-state index in [9.17, 15) is 0 Å². The number of aromatic nitrogens is 2. The summed E-state index contributed by atoms with van der Waals surface area (Å²) in [5.41, 5.74) is 2.59. The molecule has 2 aromatic rings. The molecule has 0 fully saturated rings. The molecule has 0 unspecified atom stereocenters. The molecule has 0 bridgehead atoms. The van der Waals surface area contributed by atoms with Crippen molar-refractivity contribution in [3.63, 3.8) is 0 Å². The Hall–Kier alpha value is -0.661. The summed E-state index contributed by atoms with van der Waals surface area (Å²) in [5, 5.41) is 0. The normalized spacial score (nSPS) is 13.1. The van der Waals surface area contributed by atoms with Crippen LogP contribution in [0.25, 0.3) is 11.1 Å². The monoisotopic (exact) mass is 314 g/mol. The molecule has 1 aliphatic heterocycles. The summed E-state index contributed by atoms with van der Waals surface area (Å²) in [5.74, 6) is 0. The van der Waals surface area contributed by atoms with Gasteiger partial charge in [0.15, 0.2) is 0 Å². The Kier molecular flexibility index (Phi) is 2.15. The molecule has 0 saturated carbocycles. The van der Waals surface area contributed by atoms with E-state index in [0.717, 1.165) is 0 Å². The van der Waals surface area contributed by atoms with E-state index in [1.807, 2.05) is 24.5 Å². The second kappa shape index (κ2) is 3.48. The number of pyridine rings is 2. The number of nitrogens with zero attached hydrogens (tertiary/aromatic N) is 2. The summed E-state index contributed by atoms with van der Waals surface area (Å²) < 4.78 is 2.58. The molecule has 0 aliphatic carbocycles. The van der Waals surface area contributed by atoms with E-state index in [1.165, 1.54) is 20.3 Å². The first-order valence-electron chi connectivity index (χ1n) is 4.20. The van der Waals surface area contributed by atoms with Crippen molar-refractivity contribution in [2.45, 2.75) is 0 Å². The zero-order valence-corrected chi connectivity index (χ0v) is 10.6. The standard InChI is InChI=1S/C10H6N2Se2/c1-3-7-8-4-2-6-12-10(8)14-13-9(7)11-5-1/h1-6H. The fourth-order valence-corrected chi connectivity index (χ4v) is 7.91. The molecule has 3 heterocycles. The van der Waals surface area contributed by atoms with Crippen molar-refractivity contribution in [2.75, 3.05) is 0 Å². The molecule has 2 aromatic heterocycles. The molecule has 0 atom stereocenters. The Labute approximate surface area is 93.0 Å². The minimum atomic E-state index is 0.519. The number of hydrogen-bond acceptors (Lipinski definition) is 2. The van der Waals surface area contributed by atoms with Crippen molar-refractivity contribution in [1.29, 1.82) is 0 Å². The van der Waals surface area contributed by atoms with Crippen molar-refractivity contribution in [1.82, 2.24) is 9.97 Å². The second-order valence-corrected chi connectivity index (χ2v) is 8.83. The van der Waals surface area contributed by atoms with Crippen molar-refractivity contribution in [2.24, 2.45) is 0 Å². The average Bonchev–Trinajstić information content (AvgIpc) is 2.29. The van der Waals surface area contributed by atoms with Crippen LogP contribution in [0.1, 0.15) is 0 Å². The summed E-state index contributed by atoms with van der Waals surface area (Å²) in [6.45, 7) is 0. The molecule has 2 nitrogen and oxygen atoms in total. The van der Waals surface area contributed by atoms with Gasteiger partial charge in [-0.15, -0.1) is 0 Å². The van der Waals surface area contributed by atoms with Crippen LogP contribution in [0.3, 0.4) is 0 Å². The van der Waals surface area contributed by atoms with Crippen LogP contribution in [0.5, 0.6) is 0 Å². The molecule has 0 spiro atoms. The van der Waals surface area contributed by atoms with Gasteiger partial charge in [-0.3, -0.25) is 0 Å². The maximum atomic E-state index is 4.43. The Bertz CT molecular complexity index is 440. The van der Waals surface area contributed by atoms with Crippen molar-refractivity contribution < 1.29 is 0 Å². The Morgan fingerprint density at radius 2 is 1.29 bits per heavy atom. The molecule has 0 amide bonds. The zero-order valence-electron chi connectivity index (χ0n) is 7.18. The van der Waals surface area contributed by atoms with Gasteiger partial charge in [0.25, 0.3) is 0 Å². The topological polar surface area (TPSA) is 25.8 Å². The van der Waals surface area contributed by atoms with Gasteiger partial charge in [-0.2, -0.15) is 0 Å². The molecule has 0 aromatic carbocycles. The van der Waals surface area contributed by atoms with Crippen LogP contribution in [-0.4, -0.2) is 36.2 Å². The summed E-state index contributed by atoms with van der Waals surface area (Å²) in [6, 6.07) is 8.31. The van der Waals surface area contributed by atoms with Gasteiger partial charge < -0.3 is 0 Å². The molecule has 1 aliphatic rings. The van der Waals surface area contributed by atoms with E-state index >= 15 is 0 Å². The molecule has 0 N–H and O–H groups in total. The van der Waals surface area contributed by atoms with Crippen LogP contribution in [0, 0.1) is 0 Å². The fraction of sp³-hybridized carbons (Fsp3) is 0. The van der Waals surface area contributed by atoms with E-state index in [2.05, 4.69) is 22.1 Å². The second-order valence-electron chi connectivity index (χ2n) is 2.88. The van der Waals surface area contributed by atoms with Gasteiger partial charge in [0.2, 0.25) is 0 Å². The SMILES string of the molecule is c1cnc2c(c1)-c1cccnc1[Se][Se]2. The molecular formula is C10H6N2Se2. The number of fused-ring (bicyclic) bond motifs is 3. The van der Waals surface area contributed by atoms with Crippen LogP contribution >= 0.6 is 0 Å². The third-order valence-corrected chi connectivity index (χ3v) is 8.59. The van der Waals surface area contributed by atoms with Gasteiger partial charge >= 0.3 is 93.2 Å². The van der Waals surface area contributed by atoms with Crippen molar-refractivity contribution in [3.8, 4) is 11.1 Å². The zero-order chi connectivity index (χ0) is 9.38. The van der Waals surface area contributed by atoms with Crippen LogP contribution in [-0.2, 0) is 0 Å².